The van der Waals surface area contributed by atoms with Gasteiger partial charge in [-0.25, -0.2) is 0 Å². The fourth-order valence-electron chi connectivity index (χ4n) is 8.81. The van der Waals surface area contributed by atoms with Gasteiger partial charge in [0.25, 0.3) is 0 Å². The molecule has 0 fully saturated rings. The molecule has 0 spiro atoms. The SMILES string of the molecule is CCCCCCCC/C=C\CCCCCCCCCC(=O)OCCCCCCCCCCCCCCCCCC(=O)NC(CO)C(O)/C=C/CCCCCCCCCCCCCCC. The van der Waals surface area contributed by atoms with Crippen LogP contribution in [0.4, 0.5) is 0 Å². The second kappa shape index (κ2) is 54.0. The Morgan fingerprint density at radius 2 is 0.734 bits per heavy atom. The highest BCUT2D eigenvalue weighted by Gasteiger charge is 2.18. The molecule has 0 aliphatic rings. The first kappa shape index (κ1) is 62.3. The van der Waals surface area contributed by atoms with Crippen LogP contribution in [0.3, 0.4) is 0 Å². The summed E-state index contributed by atoms with van der Waals surface area (Å²) >= 11 is 0. The number of hydrogen-bond acceptors (Lipinski definition) is 5. The summed E-state index contributed by atoms with van der Waals surface area (Å²) in [6.07, 6.45) is 64.7. The number of aliphatic hydroxyl groups is 2. The zero-order chi connectivity index (χ0) is 46.5. The van der Waals surface area contributed by atoms with Gasteiger partial charge in [-0.1, -0.05) is 263 Å². The van der Waals surface area contributed by atoms with E-state index in [0.717, 1.165) is 51.4 Å². The molecule has 2 unspecified atom stereocenters. The third-order valence-corrected chi connectivity index (χ3v) is 13.2. The molecule has 378 valence electrons. The lowest BCUT2D eigenvalue weighted by Gasteiger charge is -2.20. The molecule has 0 bridgehead atoms. The fourth-order valence-corrected chi connectivity index (χ4v) is 8.81. The van der Waals surface area contributed by atoms with Crippen molar-refractivity contribution < 1.29 is 24.5 Å². The van der Waals surface area contributed by atoms with E-state index in [9.17, 15) is 19.8 Å². The predicted octanol–water partition coefficient (Wildman–Crippen LogP) is 17.5. The average molecular weight is 903 g/mol. The minimum Gasteiger partial charge on any atom is -0.466 e. The van der Waals surface area contributed by atoms with Crippen LogP contribution >= 0.6 is 0 Å². The Hall–Kier alpha value is -1.66. The van der Waals surface area contributed by atoms with Crippen molar-refractivity contribution >= 4 is 11.9 Å². The number of allylic oxidation sites excluding steroid dienone is 3. The quantitative estimate of drug-likeness (QED) is 0.0321. The number of aliphatic hydroxyl groups excluding tert-OH is 2. The topological polar surface area (TPSA) is 95.9 Å². The number of amides is 1. The summed E-state index contributed by atoms with van der Waals surface area (Å²) in [7, 11) is 0. The second-order valence-corrected chi connectivity index (χ2v) is 19.6. The zero-order valence-corrected chi connectivity index (χ0v) is 43.0. The lowest BCUT2D eigenvalue weighted by atomic mass is 10.0. The van der Waals surface area contributed by atoms with Gasteiger partial charge in [0.2, 0.25) is 5.91 Å². The molecule has 0 aliphatic carbocycles. The summed E-state index contributed by atoms with van der Waals surface area (Å²) in [5.41, 5.74) is 0. The molecule has 0 aliphatic heterocycles. The van der Waals surface area contributed by atoms with Crippen LogP contribution < -0.4 is 5.32 Å². The van der Waals surface area contributed by atoms with E-state index < -0.39 is 12.1 Å². The van der Waals surface area contributed by atoms with Gasteiger partial charge in [0, 0.05) is 12.8 Å². The Bertz CT molecular complexity index is 997. The highest BCUT2D eigenvalue weighted by atomic mass is 16.5. The molecule has 2 atom stereocenters. The van der Waals surface area contributed by atoms with Gasteiger partial charge in [-0.2, -0.15) is 0 Å². The number of esters is 1. The molecule has 0 saturated carbocycles. The lowest BCUT2D eigenvalue weighted by molar-refractivity contribution is -0.143. The van der Waals surface area contributed by atoms with E-state index in [-0.39, 0.29) is 18.5 Å². The van der Waals surface area contributed by atoms with E-state index in [1.165, 1.54) is 231 Å². The van der Waals surface area contributed by atoms with Gasteiger partial charge < -0.3 is 20.3 Å². The van der Waals surface area contributed by atoms with Crippen LogP contribution in [0.25, 0.3) is 0 Å². The number of carbonyl (C=O) groups is 2. The first-order valence-electron chi connectivity index (χ1n) is 28.6. The van der Waals surface area contributed by atoms with Gasteiger partial charge in [0.05, 0.1) is 25.4 Å². The van der Waals surface area contributed by atoms with Crippen LogP contribution in [0, 0.1) is 0 Å². The van der Waals surface area contributed by atoms with Gasteiger partial charge in [0.15, 0.2) is 0 Å². The largest absolute Gasteiger partial charge is 0.466 e. The Morgan fingerprint density at radius 1 is 0.422 bits per heavy atom. The monoisotopic (exact) mass is 902 g/mol. The summed E-state index contributed by atoms with van der Waals surface area (Å²) in [6.45, 7) is 4.89. The Balaban J connectivity index is 3.45. The van der Waals surface area contributed by atoms with Gasteiger partial charge in [-0.15, -0.1) is 0 Å². The van der Waals surface area contributed by atoms with E-state index >= 15 is 0 Å². The van der Waals surface area contributed by atoms with Gasteiger partial charge in [-0.05, 0) is 57.8 Å². The summed E-state index contributed by atoms with van der Waals surface area (Å²) in [4.78, 5) is 24.5. The van der Waals surface area contributed by atoms with E-state index in [0.29, 0.717) is 19.4 Å². The van der Waals surface area contributed by atoms with Gasteiger partial charge in [-0.3, -0.25) is 9.59 Å². The average Bonchev–Trinajstić information content (AvgIpc) is 3.29. The van der Waals surface area contributed by atoms with Crippen molar-refractivity contribution in [3.05, 3.63) is 24.3 Å². The Kier molecular flexibility index (Phi) is 52.6. The van der Waals surface area contributed by atoms with Crippen molar-refractivity contribution in [2.24, 2.45) is 0 Å². The highest BCUT2D eigenvalue weighted by Crippen LogP contribution is 2.17. The van der Waals surface area contributed by atoms with Crippen LogP contribution in [0.15, 0.2) is 24.3 Å². The van der Waals surface area contributed by atoms with Crippen molar-refractivity contribution in [3.63, 3.8) is 0 Å². The van der Waals surface area contributed by atoms with Crippen LogP contribution in [-0.4, -0.2) is 47.4 Å². The molecule has 6 nitrogen and oxygen atoms in total. The van der Waals surface area contributed by atoms with E-state index in [4.69, 9.17) is 4.74 Å². The van der Waals surface area contributed by atoms with Crippen LogP contribution in [-0.2, 0) is 14.3 Å². The molecule has 64 heavy (non-hydrogen) atoms. The number of rotatable bonds is 53. The van der Waals surface area contributed by atoms with Crippen molar-refractivity contribution in [2.75, 3.05) is 13.2 Å². The van der Waals surface area contributed by atoms with Crippen LogP contribution in [0.1, 0.15) is 309 Å². The lowest BCUT2D eigenvalue weighted by Crippen LogP contribution is -2.45. The van der Waals surface area contributed by atoms with Gasteiger partial charge in [0.1, 0.15) is 0 Å². The molecule has 0 radical (unpaired) electrons. The minimum atomic E-state index is -0.850. The molecule has 0 heterocycles. The van der Waals surface area contributed by atoms with Crippen molar-refractivity contribution in [1.82, 2.24) is 5.32 Å². The second-order valence-electron chi connectivity index (χ2n) is 19.6. The zero-order valence-electron chi connectivity index (χ0n) is 43.0. The minimum absolute atomic E-state index is 0.00362. The summed E-state index contributed by atoms with van der Waals surface area (Å²) in [5, 5.41) is 23.1. The van der Waals surface area contributed by atoms with E-state index in [2.05, 4.69) is 31.3 Å². The maximum atomic E-state index is 12.4. The standard InChI is InChI=1S/C58H111NO5/c1-3-5-7-9-11-13-15-17-19-20-24-28-32-36-40-44-48-52-58(63)64-53-49-45-41-37-33-29-25-21-23-27-31-35-39-43-47-51-57(62)59-55(54-60)56(61)50-46-42-38-34-30-26-22-18-16-14-12-10-8-6-4-2/h17,19,46,50,55-56,60-61H,3-16,18,20-45,47-49,51-54H2,1-2H3,(H,59,62)/b19-17-,50-46+. The normalized spacial score (nSPS) is 12.8. The third-order valence-electron chi connectivity index (χ3n) is 13.2. The number of carbonyl (C=O) groups excluding carboxylic acids is 2. The molecule has 0 aromatic carbocycles. The molecule has 0 rings (SSSR count). The first-order valence-corrected chi connectivity index (χ1v) is 28.6. The molecule has 3 N–H and O–H groups in total. The third kappa shape index (κ3) is 49.8. The number of hydrogen-bond donors (Lipinski definition) is 3. The smallest absolute Gasteiger partial charge is 0.305 e. The van der Waals surface area contributed by atoms with E-state index in [1.807, 2.05) is 6.08 Å². The predicted molar refractivity (Wildman–Crippen MR) is 278 cm³/mol. The number of nitrogens with one attached hydrogen (secondary N) is 1. The molecule has 0 saturated heterocycles. The Morgan fingerprint density at radius 3 is 1.11 bits per heavy atom. The number of unbranched alkanes of at least 4 members (excludes halogenated alkanes) is 40. The maximum Gasteiger partial charge on any atom is 0.305 e. The fraction of sp³-hybridized carbons (Fsp3) is 0.897. The molecular formula is C58H111NO5. The Labute approximate surface area is 399 Å². The summed E-state index contributed by atoms with van der Waals surface area (Å²) in [5.74, 6) is -0.0791. The molecule has 0 aromatic heterocycles. The van der Waals surface area contributed by atoms with Crippen LogP contribution in [0.5, 0.6) is 0 Å². The van der Waals surface area contributed by atoms with Crippen molar-refractivity contribution in [3.8, 4) is 0 Å². The molecule has 1 amide bonds. The first-order chi connectivity index (χ1) is 31.5. The maximum absolute atomic E-state index is 12.4. The molecular weight excluding hydrogens is 791 g/mol. The molecule has 0 aromatic rings. The van der Waals surface area contributed by atoms with Crippen molar-refractivity contribution in [2.45, 2.75) is 321 Å². The van der Waals surface area contributed by atoms with Crippen molar-refractivity contribution in [1.29, 1.82) is 0 Å². The molecule has 6 heteroatoms. The number of ether oxygens (including phenoxy) is 1. The highest BCUT2D eigenvalue weighted by molar-refractivity contribution is 5.76. The van der Waals surface area contributed by atoms with E-state index in [1.54, 1.807) is 6.08 Å². The summed E-state index contributed by atoms with van der Waals surface area (Å²) in [6, 6.07) is -0.634. The van der Waals surface area contributed by atoms with Gasteiger partial charge >= 0.3 is 5.97 Å². The summed E-state index contributed by atoms with van der Waals surface area (Å²) < 4.78 is 5.48. The van der Waals surface area contributed by atoms with Crippen LogP contribution in [0.2, 0.25) is 0 Å².